The molecule has 0 spiro atoms. The highest BCUT2D eigenvalue weighted by Crippen LogP contribution is 2.29. The Morgan fingerprint density at radius 1 is 1.27 bits per heavy atom. The smallest absolute Gasteiger partial charge is 0.488 e. The van der Waals surface area contributed by atoms with Gasteiger partial charge in [0.2, 0.25) is 0 Å². The van der Waals surface area contributed by atoms with Crippen LogP contribution in [0.2, 0.25) is 0 Å². The summed E-state index contributed by atoms with van der Waals surface area (Å²) in [4.78, 5) is 4.54. The van der Waals surface area contributed by atoms with E-state index in [4.69, 9.17) is 4.74 Å². The molecular weight excluding hydrogens is 536 g/mol. The molecule has 0 saturated carbocycles. The van der Waals surface area contributed by atoms with Gasteiger partial charge in [-0.05, 0) is 31.4 Å². The summed E-state index contributed by atoms with van der Waals surface area (Å²) < 4.78 is 67.4. The number of hydrogen-bond donors (Lipinski definition) is 2. The van der Waals surface area contributed by atoms with E-state index in [1.54, 1.807) is 0 Å². The average molecular weight is 562 g/mol. The van der Waals surface area contributed by atoms with Crippen LogP contribution in [0.1, 0.15) is 25.3 Å². The van der Waals surface area contributed by atoms with E-state index in [0.29, 0.717) is 23.4 Å². The maximum Gasteiger partial charge on any atom is 0.511 e. The van der Waals surface area contributed by atoms with Gasteiger partial charge in [-0.15, -0.1) is 24.0 Å². The first-order chi connectivity index (χ1) is 13.7. The van der Waals surface area contributed by atoms with Crippen molar-refractivity contribution in [3.63, 3.8) is 0 Å². The van der Waals surface area contributed by atoms with Gasteiger partial charge >= 0.3 is 15.5 Å². The lowest BCUT2D eigenvalue weighted by Crippen LogP contribution is -2.51. The number of piperidine rings is 1. The lowest BCUT2D eigenvalue weighted by molar-refractivity contribution is -0.0494. The number of nitrogens with one attached hydrogen (secondary N) is 2. The van der Waals surface area contributed by atoms with Gasteiger partial charge in [0.1, 0.15) is 11.9 Å². The van der Waals surface area contributed by atoms with E-state index in [1.165, 1.54) is 0 Å². The number of ether oxygens (including phenoxy) is 1. The molecule has 1 unspecified atom stereocenters. The van der Waals surface area contributed by atoms with E-state index in [9.17, 15) is 21.6 Å². The Bertz CT molecular complexity index is 818. The number of fused-ring (bicyclic) bond motifs is 1. The summed E-state index contributed by atoms with van der Waals surface area (Å²) in [5.74, 6) is 1.41. The summed E-state index contributed by atoms with van der Waals surface area (Å²) >= 11 is 0. The van der Waals surface area contributed by atoms with Crippen molar-refractivity contribution in [2.24, 2.45) is 4.99 Å². The second-order valence-electron chi connectivity index (χ2n) is 7.04. The zero-order valence-electron chi connectivity index (χ0n) is 16.5. The van der Waals surface area contributed by atoms with Crippen LogP contribution < -0.4 is 15.4 Å². The fourth-order valence-corrected chi connectivity index (χ4v) is 4.43. The Balaban J connectivity index is 0.00000320. The number of halogens is 4. The van der Waals surface area contributed by atoms with Crippen molar-refractivity contribution < 1.29 is 26.3 Å². The molecule has 2 aliphatic heterocycles. The molecule has 1 saturated heterocycles. The first-order valence-electron chi connectivity index (χ1n) is 9.56. The number of guanidine groups is 1. The largest absolute Gasteiger partial charge is 0.511 e. The normalized spacial score (nSPS) is 20.8. The van der Waals surface area contributed by atoms with Crippen molar-refractivity contribution in [1.82, 2.24) is 14.9 Å². The van der Waals surface area contributed by atoms with Gasteiger partial charge < -0.3 is 15.4 Å². The van der Waals surface area contributed by atoms with E-state index >= 15 is 0 Å². The summed E-state index contributed by atoms with van der Waals surface area (Å²) in [5, 5.41) is 6.31. The predicted octanol–water partition coefficient (Wildman–Crippen LogP) is 2.48. The van der Waals surface area contributed by atoms with E-state index in [2.05, 4.69) is 15.6 Å². The number of alkyl halides is 3. The molecule has 12 heteroatoms. The molecule has 2 aliphatic rings. The SMILES string of the molecule is CCNC(=NCC1Cc2ccccc2O1)NC1CCN(S(=O)(=O)C(F)(F)F)CC1.I. The predicted molar refractivity (Wildman–Crippen MR) is 119 cm³/mol. The van der Waals surface area contributed by atoms with Gasteiger partial charge in [0.25, 0.3) is 0 Å². The van der Waals surface area contributed by atoms with Crippen molar-refractivity contribution in [3.8, 4) is 5.75 Å². The molecule has 2 heterocycles. The molecule has 3 rings (SSSR count). The minimum absolute atomic E-state index is 0. The Labute approximate surface area is 191 Å². The van der Waals surface area contributed by atoms with E-state index in [0.717, 1.165) is 17.7 Å². The van der Waals surface area contributed by atoms with Crippen molar-refractivity contribution in [2.75, 3.05) is 26.2 Å². The van der Waals surface area contributed by atoms with Crippen LogP contribution in [0, 0.1) is 0 Å². The summed E-state index contributed by atoms with van der Waals surface area (Å²) in [6, 6.07) is 7.66. The fraction of sp³-hybridized carbons (Fsp3) is 0.611. The van der Waals surface area contributed by atoms with Crippen LogP contribution in [0.25, 0.3) is 0 Å². The summed E-state index contributed by atoms with van der Waals surface area (Å²) in [6.45, 7) is 2.61. The molecule has 1 atom stereocenters. The van der Waals surface area contributed by atoms with Gasteiger partial charge in [0.15, 0.2) is 5.96 Å². The topological polar surface area (TPSA) is 83.0 Å². The van der Waals surface area contributed by atoms with E-state index in [-0.39, 0.29) is 62.1 Å². The Morgan fingerprint density at radius 3 is 2.53 bits per heavy atom. The lowest BCUT2D eigenvalue weighted by Gasteiger charge is -2.32. The molecule has 0 aromatic heterocycles. The van der Waals surface area contributed by atoms with Gasteiger partial charge in [0, 0.05) is 32.1 Å². The van der Waals surface area contributed by atoms with E-state index in [1.807, 2.05) is 31.2 Å². The number of benzene rings is 1. The first-order valence-corrected chi connectivity index (χ1v) is 11.0. The molecule has 0 amide bonds. The molecule has 0 bridgehead atoms. The number of aliphatic imine (C=N–C) groups is 1. The monoisotopic (exact) mass is 562 g/mol. The highest BCUT2D eigenvalue weighted by molar-refractivity contribution is 14.0. The zero-order valence-corrected chi connectivity index (χ0v) is 19.6. The minimum atomic E-state index is -5.27. The Kier molecular flexibility index (Phi) is 8.62. The lowest BCUT2D eigenvalue weighted by atomic mass is 10.1. The highest BCUT2D eigenvalue weighted by Gasteiger charge is 2.50. The first kappa shape index (κ1) is 25.0. The number of para-hydroxylation sites is 1. The third-order valence-electron chi connectivity index (χ3n) is 4.94. The maximum atomic E-state index is 12.7. The van der Waals surface area contributed by atoms with Gasteiger partial charge in [-0.2, -0.15) is 17.5 Å². The Morgan fingerprint density at radius 2 is 1.93 bits per heavy atom. The molecule has 1 fully saturated rings. The third kappa shape index (κ3) is 5.90. The fourth-order valence-electron chi connectivity index (χ4n) is 3.45. The molecule has 170 valence electrons. The van der Waals surface area contributed by atoms with Gasteiger partial charge in [-0.1, -0.05) is 18.2 Å². The molecule has 1 aromatic rings. The zero-order chi connectivity index (χ0) is 21.1. The number of nitrogens with zero attached hydrogens (tertiary/aromatic N) is 2. The Hall–Kier alpha value is -1.28. The van der Waals surface area contributed by atoms with Gasteiger partial charge in [-0.25, -0.2) is 13.4 Å². The molecular formula is C18H26F3IN4O3S. The second-order valence-corrected chi connectivity index (χ2v) is 8.97. The van der Waals surface area contributed by atoms with Crippen molar-refractivity contribution in [1.29, 1.82) is 0 Å². The van der Waals surface area contributed by atoms with E-state index < -0.39 is 15.5 Å². The minimum Gasteiger partial charge on any atom is -0.488 e. The molecule has 1 aromatic carbocycles. The average Bonchev–Trinajstić information content (AvgIpc) is 3.09. The van der Waals surface area contributed by atoms with Crippen LogP contribution in [0.15, 0.2) is 29.3 Å². The molecule has 30 heavy (non-hydrogen) atoms. The van der Waals surface area contributed by atoms with Crippen molar-refractivity contribution in [2.45, 2.75) is 43.8 Å². The quantitative estimate of drug-likeness (QED) is 0.328. The van der Waals surface area contributed by atoms with Crippen LogP contribution in [-0.4, -0.2) is 62.5 Å². The molecule has 7 nitrogen and oxygen atoms in total. The van der Waals surface area contributed by atoms with Gasteiger partial charge in [0.05, 0.1) is 6.54 Å². The maximum absolute atomic E-state index is 12.7. The van der Waals surface area contributed by atoms with Crippen LogP contribution >= 0.6 is 24.0 Å². The van der Waals surface area contributed by atoms with Crippen molar-refractivity contribution in [3.05, 3.63) is 29.8 Å². The number of sulfonamides is 1. The van der Waals surface area contributed by atoms with Crippen molar-refractivity contribution >= 4 is 40.0 Å². The molecule has 0 radical (unpaired) electrons. The third-order valence-corrected chi connectivity index (χ3v) is 6.57. The number of hydrogen-bond acceptors (Lipinski definition) is 4. The summed E-state index contributed by atoms with van der Waals surface area (Å²) in [5.41, 5.74) is -4.12. The van der Waals surface area contributed by atoms with Crippen LogP contribution in [0.5, 0.6) is 5.75 Å². The molecule has 2 N–H and O–H groups in total. The second kappa shape index (κ2) is 10.4. The number of rotatable bonds is 5. The standard InChI is InChI=1S/C18H25F3N4O3S.HI/c1-2-22-17(23-12-15-11-13-5-3-4-6-16(13)28-15)24-14-7-9-25(10-8-14)29(26,27)18(19,20)21;/h3-6,14-15H,2,7-12H2,1H3,(H2,22,23,24);1H. The van der Waals surface area contributed by atoms with Crippen LogP contribution in [0.3, 0.4) is 0 Å². The van der Waals surface area contributed by atoms with Gasteiger partial charge in [-0.3, -0.25) is 0 Å². The molecule has 0 aliphatic carbocycles. The highest BCUT2D eigenvalue weighted by atomic mass is 127. The van der Waals surface area contributed by atoms with Crippen LogP contribution in [0.4, 0.5) is 13.2 Å². The summed E-state index contributed by atoms with van der Waals surface area (Å²) in [7, 11) is -5.27. The van der Waals surface area contributed by atoms with Crippen LogP contribution in [-0.2, 0) is 16.4 Å². The summed E-state index contributed by atoms with van der Waals surface area (Å²) in [6.07, 6.45) is 1.24.